The Labute approximate surface area is 95.8 Å². The van der Waals surface area contributed by atoms with Crippen LogP contribution in [-0.2, 0) is 9.84 Å². The molecule has 0 radical (unpaired) electrons. The minimum absolute atomic E-state index is 0.0276. The zero-order valence-electron chi connectivity index (χ0n) is 9.02. The van der Waals surface area contributed by atoms with Crippen LogP contribution >= 0.6 is 0 Å². The van der Waals surface area contributed by atoms with E-state index in [1.165, 1.54) is 5.56 Å². The summed E-state index contributed by atoms with van der Waals surface area (Å²) in [5.74, 6) is 1.07. The molecule has 0 saturated carbocycles. The Bertz CT molecular complexity index is 483. The zero-order valence-corrected chi connectivity index (χ0v) is 9.83. The highest BCUT2D eigenvalue weighted by molar-refractivity contribution is 7.92. The molecular formula is C12H15NO2S. The first kappa shape index (κ1) is 10.3. The molecule has 0 aliphatic carbocycles. The third-order valence-corrected chi connectivity index (χ3v) is 5.81. The van der Waals surface area contributed by atoms with E-state index >= 15 is 0 Å². The summed E-state index contributed by atoms with van der Waals surface area (Å²) >= 11 is 0. The van der Waals surface area contributed by atoms with Crippen molar-refractivity contribution >= 4 is 9.84 Å². The highest BCUT2D eigenvalue weighted by atomic mass is 32.2. The Morgan fingerprint density at radius 3 is 2.50 bits per heavy atom. The molecular weight excluding hydrogens is 222 g/mol. The van der Waals surface area contributed by atoms with Gasteiger partial charge in [0.15, 0.2) is 9.84 Å². The van der Waals surface area contributed by atoms with Gasteiger partial charge < -0.3 is 5.32 Å². The Kier molecular flexibility index (Phi) is 2.13. The summed E-state index contributed by atoms with van der Waals surface area (Å²) in [7, 11) is -2.75. The number of hydrogen-bond donors (Lipinski definition) is 1. The van der Waals surface area contributed by atoms with E-state index in [-0.39, 0.29) is 5.41 Å². The van der Waals surface area contributed by atoms with Gasteiger partial charge >= 0.3 is 0 Å². The summed E-state index contributed by atoms with van der Waals surface area (Å²) in [4.78, 5) is 0. The van der Waals surface area contributed by atoms with E-state index in [2.05, 4.69) is 17.4 Å². The minimum atomic E-state index is -2.75. The van der Waals surface area contributed by atoms with Gasteiger partial charge in [-0.1, -0.05) is 30.3 Å². The monoisotopic (exact) mass is 237 g/mol. The van der Waals surface area contributed by atoms with Gasteiger partial charge in [-0.3, -0.25) is 0 Å². The highest BCUT2D eigenvalue weighted by Gasteiger charge is 2.55. The molecule has 0 amide bonds. The average molecular weight is 237 g/mol. The first-order valence-corrected chi connectivity index (χ1v) is 7.40. The molecule has 1 atom stereocenters. The Balaban J connectivity index is 1.92. The van der Waals surface area contributed by atoms with Gasteiger partial charge in [-0.25, -0.2) is 8.42 Å². The van der Waals surface area contributed by atoms with E-state index in [4.69, 9.17) is 0 Å². The maximum absolute atomic E-state index is 11.4. The maximum Gasteiger partial charge on any atom is 0.151 e. The molecule has 2 heterocycles. The normalized spacial score (nSPS) is 30.1. The SMILES string of the molecule is O=S1(=O)CC2(CNCC2c2ccccc2)C1. The van der Waals surface area contributed by atoms with Crippen molar-refractivity contribution in [2.24, 2.45) is 5.41 Å². The van der Waals surface area contributed by atoms with Gasteiger partial charge in [-0.2, -0.15) is 0 Å². The lowest BCUT2D eigenvalue weighted by atomic mass is 9.77. The lowest BCUT2D eigenvalue weighted by molar-refractivity contribution is 0.329. The summed E-state index contributed by atoms with van der Waals surface area (Å²) < 4.78 is 22.8. The van der Waals surface area contributed by atoms with Crippen molar-refractivity contribution in [3.8, 4) is 0 Å². The van der Waals surface area contributed by atoms with Crippen molar-refractivity contribution in [3.63, 3.8) is 0 Å². The third kappa shape index (κ3) is 1.48. The molecule has 2 aliphatic heterocycles. The molecule has 86 valence electrons. The number of benzene rings is 1. The molecule has 1 spiro atoms. The smallest absolute Gasteiger partial charge is 0.151 e. The summed E-state index contributed by atoms with van der Waals surface area (Å²) in [5, 5.41) is 3.34. The van der Waals surface area contributed by atoms with Crippen LogP contribution in [0.15, 0.2) is 30.3 Å². The quantitative estimate of drug-likeness (QED) is 0.785. The molecule has 0 bridgehead atoms. The number of hydrogen-bond acceptors (Lipinski definition) is 3. The molecule has 16 heavy (non-hydrogen) atoms. The molecule has 3 nitrogen and oxygen atoms in total. The van der Waals surface area contributed by atoms with Crippen LogP contribution < -0.4 is 5.32 Å². The largest absolute Gasteiger partial charge is 0.315 e. The number of sulfone groups is 1. The second-order valence-corrected chi connectivity index (χ2v) is 7.05. The average Bonchev–Trinajstić information content (AvgIpc) is 2.61. The lowest BCUT2D eigenvalue weighted by Gasteiger charge is -2.42. The van der Waals surface area contributed by atoms with Crippen molar-refractivity contribution < 1.29 is 8.42 Å². The van der Waals surface area contributed by atoms with Gasteiger partial charge in [0, 0.05) is 24.4 Å². The Hall–Kier alpha value is -0.870. The second kappa shape index (κ2) is 3.31. The van der Waals surface area contributed by atoms with Crippen LogP contribution in [0.5, 0.6) is 0 Å². The lowest BCUT2D eigenvalue weighted by Crippen LogP contribution is -2.52. The maximum atomic E-state index is 11.4. The van der Waals surface area contributed by atoms with Crippen molar-refractivity contribution in [2.75, 3.05) is 24.6 Å². The van der Waals surface area contributed by atoms with Gasteiger partial charge in [-0.05, 0) is 5.56 Å². The van der Waals surface area contributed by atoms with Gasteiger partial charge in [0.25, 0.3) is 0 Å². The summed E-state index contributed by atoms with van der Waals surface area (Å²) in [6, 6.07) is 10.2. The van der Waals surface area contributed by atoms with Crippen LogP contribution in [0.4, 0.5) is 0 Å². The van der Waals surface area contributed by atoms with E-state index < -0.39 is 9.84 Å². The highest BCUT2D eigenvalue weighted by Crippen LogP contribution is 2.47. The van der Waals surface area contributed by atoms with Gasteiger partial charge in [0.2, 0.25) is 0 Å². The van der Waals surface area contributed by atoms with Crippen LogP contribution in [0.2, 0.25) is 0 Å². The van der Waals surface area contributed by atoms with Crippen LogP contribution in [0.1, 0.15) is 11.5 Å². The zero-order chi connectivity index (χ0) is 11.2. The molecule has 2 fully saturated rings. The van der Waals surface area contributed by atoms with Crippen LogP contribution in [0, 0.1) is 5.41 Å². The fraction of sp³-hybridized carbons (Fsp3) is 0.500. The van der Waals surface area contributed by atoms with Gasteiger partial charge in [0.05, 0.1) is 11.5 Å². The van der Waals surface area contributed by atoms with Gasteiger partial charge in [-0.15, -0.1) is 0 Å². The fourth-order valence-electron chi connectivity index (χ4n) is 3.10. The first-order chi connectivity index (χ1) is 7.61. The Morgan fingerprint density at radius 1 is 1.19 bits per heavy atom. The van der Waals surface area contributed by atoms with Crippen molar-refractivity contribution in [2.45, 2.75) is 5.92 Å². The van der Waals surface area contributed by atoms with E-state index in [1.807, 2.05) is 18.2 Å². The number of rotatable bonds is 1. The predicted octanol–water partition coefficient (Wildman–Crippen LogP) is 0.788. The summed E-state index contributed by atoms with van der Waals surface area (Å²) in [6.07, 6.45) is 0. The topological polar surface area (TPSA) is 46.2 Å². The van der Waals surface area contributed by atoms with Crippen molar-refractivity contribution in [3.05, 3.63) is 35.9 Å². The number of nitrogens with one attached hydrogen (secondary N) is 1. The van der Waals surface area contributed by atoms with E-state index in [0.717, 1.165) is 13.1 Å². The molecule has 2 aliphatic rings. The molecule has 1 N–H and O–H groups in total. The molecule has 4 heteroatoms. The van der Waals surface area contributed by atoms with Crippen molar-refractivity contribution in [1.82, 2.24) is 5.32 Å². The Morgan fingerprint density at radius 2 is 1.88 bits per heavy atom. The molecule has 1 unspecified atom stereocenters. The molecule has 1 aromatic rings. The molecule has 1 aromatic carbocycles. The van der Waals surface area contributed by atoms with E-state index in [1.54, 1.807) is 0 Å². The van der Waals surface area contributed by atoms with E-state index in [0.29, 0.717) is 17.4 Å². The molecule has 0 aromatic heterocycles. The van der Waals surface area contributed by atoms with Crippen LogP contribution in [0.25, 0.3) is 0 Å². The molecule has 2 saturated heterocycles. The standard InChI is InChI=1S/C12H15NO2S/c14-16(15)8-12(9-16)7-13-6-11(12)10-4-2-1-3-5-10/h1-5,11,13H,6-9H2. The second-order valence-electron chi connectivity index (χ2n) is 4.99. The predicted molar refractivity (Wildman–Crippen MR) is 63.1 cm³/mol. The summed E-state index contributed by atoms with van der Waals surface area (Å²) in [6.45, 7) is 1.74. The fourth-order valence-corrected chi connectivity index (χ4v) is 5.37. The van der Waals surface area contributed by atoms with E-state index in [9.17, 15) is 8.42 Å². The third-order valence-electron chi connectivity index (χ3n) is 3.78. The minimum Gasteiger partial charge on any atom is -0.315 e. The van der Waals surface area contributed by atoms with Crippen LogP contribution in [0.3, 0.4) is 0 Å². The summed E-state index contributed by atoms with van der Waals surface area (Å²) in [5.41, 5.74) is 1.24. The molecule has 3 rings (SSSR count). The van der Waals surface area contributed by atoms with Gasteiger partial charge in [0.1, 0.15) is 0 Å². The first-order valence-electron chi connectivity index (χ1n) is 5.57. The van der Waals surface area contributed by atoms with Crippen molar-refractivity contribution in [1.29, 1.82) is 0 Å². The van der Waals surface area contributed by atoms with Crippen LogP contribution in [-0.4, -0.2) is 33.0 Å².